The van der Waals surface area contributed by atoms with Crippen molar-refractivity contribution in [2.75, 3.05) is 11.1 Å². The van der Waals surface area contributed by atoms with Gasteiger partial charge in [0.1, 0.15) is 0 Å². The van der Waals surface area contributed by atoms with Crippen LogP contribution in [0.2, 0.25) is 0 Å². The third-order valence-electron chi connectivity index (χ3n) is 3.63. The molecule has 0 saturated carbocycles. The molecule has 2 aromatic carbocycles. The Balaban J connectivity index is 2.16. The summed E-state index contributed by atoms with van der Waals surface area (Å²) in [5, 5.41) is 2.84. The molecular weight excluding hydrogens is 278 g/mol. The molecule has 0 bridgehead atoms. The topological polar surface area (TPSA) is 98.2 Å². The summed E-state index contributed by atoms with van der Waals surface area (Å²) in [7, 11) is 0. The van der Waals surface area contributed by atoms with Gasteiger partial charge in [-0.1, -0.05) is 12.1 Å². The molecule has 0 aliphatic rings. The van der Waals surface area contributed by atoms with E-state index in [-0.39, 0.29) is 5.91 Å². The minimum Gasteiger partial charge on any atom is -0.399 e. The van der Waals surface area contributed by atoms with Gasteiger partial charge in [0.05, 0.1) is 5.41 Å². The van der Waals surface area contributed by atoms with E-state index in [9.17, 15) is 9.59 Å². The van der Waals surface area contributed by atoms with Crippen molar-refractivity contribution in [3.8, 4) is 0 Å². The van der Waals surface area contributed by atoms with Gasteiger partial charge in [-0.25, -0.2) is 0 Å². The summed E-state index contributed by atoms with van der Waals surface area (Å²) >= 11 is 0. The summed E-state index contributed by atoms with van der Waals surface area (Å²) < 4.78 is 0. The number of nitrogens with one attached hydrogen (secondary N) is 1. The molecule has 0 saturated heterocycles. The molecule has 114 valence electrons. The molecular formula is C17H19N3O2. The molecule has 0 spiro atoms. The van der Waals surface area contributed by atoms with Gasteiger partial charge in [0, 0.05) is 16.9 Å². The Bertz CT molecular complexity index is 689. The summed E-state index contributed by atoms with van der Waals surface area (Å²) in [6.45, 7) is 3.68. The molecule has 5 N–H and O–H groups in total. The SMILES string of the molecule is CC(C)(C(=O)Nc1ccc(C(N)=O)cc1)c1ccc(N)cc1. The van der Waals surface area contributed by atoms with Crippen LogP contribution in [0.15, 0.2) is 48.5 Å². The molecule has 0 aromatic heterocycles. The normalized spacial score (nSPS) is 11.0. The van der Waals surface area contributed by atoms with Crippen LogP contribution in [0.5, 0.6) is 0 Å². The monoisotopic (exact) mass is 297 g/mol. The van der Waals surface area contributed by atoms with Crippen LogP contribution < -0.4 is 16.8 Å². The Labute approximate surface area is 129 Å². The molecule has 22 heavy (non-hydrogen) atoms. The number of nitrogen functional groups attached to an aromatic ring is 1. The largest absolute Gasteiger partial charge is 0.399 e. The average molecular weight is 297 g/mol. The molecule has 0 heterocycles. The maximum atomic E-state index is 12.5. The zero-order chi connectivity index (χ0) is 16.3. The van der Waals surface area contributed by atoms with E-state index in [0.717, 1.165) is 5.56 Å². The Hall–Kier alpha value is -2.82. The van der Waals surface area contributed by atoms with Crippen LogP contribution in [0.1, 0.15) is 29.8 Å². The Morgan fingerprint density at radius 3 is 2.00 bits per heavy atom. The fraction of sp³-hybridized carbons (Fsp3) is 0.176. The van der Waals surface area contributed by atoms with Crippen molar-refractivity contribution >= 4 is 23.2 Å². The maximum Gasteiger partial charge on any atom is 0.248 e. The number of primary amides is 1. The third-order valence-corrected chi connectivity index (χ3v) is 3.63. The highest BCUT2D eigenvalue weighted by Gasteiger charge is 2.29. The lowest BCUT2D eigenvalue weighted by Gasteiger charge is -2.24. The minimum absolute atomic E-state index is 0.149. The molecule has 0 aliphatic heterocycles. The van der Waals surface area contributed by atoms with Gasteiger partial charge in [-0.15, -0.1) is 0 Å². The Morgan fingerprint density at radius 1 is 0.955 bits per heavy atom. The first kappa shape index (κ1) is 15.6. The van der Waals surface area contributed by atoms with Crippen molar-refractivity contribution in [3.05, 3.63) is 59.7 Å². The molecule has 5 nitrogen and oxygen atoms in total. The van der Waals surface area contributed by atoms with E-state index < -0.39 is 11.3 Å². The summed E-state index contributed by atoms with van der Waals surface area (Å²) in [6.07, 6.45) is 0. The maximum absolute atomic E-state index is 12.5. The van der Waals surface area contributed by atoms with Crippen LogP contribution in [0.4, 0.5) is 11.4 Å². The average Bonchev–Trinajstić information content (AvgIpc) is 2.48. The number of carbonyl (C=O) groups excluding carboxylic acids is 2. The van der Waals surface area contributed by atoms with Crippen LogP contribution in [0.25, 0.3) is 0 Å². The summed E-state index contributed by atoms with van der Waals surface area (Å²) in [4.78, 5) is 23.5. The van der Waals surface area contributed by atoms with Crippen molar-refractivity contribution < 1.29 is 9.59 Å². The van der Waals surface area contributed by atoms with Crippen LogP contribution in [0.3, 0.4) is 0 Å². The first-order chi connectivity index (χ1) is 10.3. The van der Waals surface area contributed by atoms with Gasteiger partial charge in [-0.3, -0.25) is 9.59 Å². The number of benzene rings is 2. The molecule has 5 heteroatoms. The van der Waals surface area contributed by atoms with Gasteiger partial charge < -0.3 is 16.8 Å². The van der Waals surface area contributed by atoms with Gasteiger partial charge in [-0.05, 0) is 55.8 Å². The molecule has 0 radical (unpaired) electrons. The third kappa shape index (κ3) is 3.25. The zero-order valence-corrected chi connectivity index (χ0v) is 12.6. The van der Waals surface area contributed by atoms with E-state index >= 15 is 0 Å². The standard InChI is InChI=1S/C17H19N3O2/c1-17(2,12-5-7-13(18)8-6-12)16(22)20-14-9-3-11(4-10-14)15(19)21/h3-10H,18H2,1-2H3,(H2,19,21)(H,20,22). The highest BCUT2D eigenvalue weighted by Crippen LogP contribution is 2.26. The Morgan fingerprint density at radius 2 is 1.50 bits per heavy atom. The summed E-state index contributed by atoms with van der Waals surface area (Å²) in [5.74, 6) is -0.649. The molecule has 0 aliphatic carbocycles. The second-order valence-electron chi connectivity index (χ2n) is 5.64. The molecule has 2 amide bonds. The fourth-order valence-corrected chi connectivity index (χ4v) is 2.04. The number of hydrogen-bond donors (Lipinski definition) is 3. The van der Waals surface area contributed by atoms with Gasteiger partial charge in [-0.2, -0.15) is 0 Å². The summed E-state index contributed by atoms with van der Waals surface area (Å²) in [5.41, 5.74) is 12.7. The zero-order valence-electron chi connectivity index (χ0n) is 12.6. The number of rotatable bonds is 4. The first-order valence-corrected chi connectivity index (χ1v) is 6.88. The van der Waals surface area contributed by atoms with E-state index in [2.05, 4.69) is 5.32 Å². The number of amides is 2. The summed E-state index contributed by atoms with van der Waals surface area (Å²) in [6, 6.07) is 13.7. The number of anilines is 2. The van der Waals surface area contributed by atoms with Crippen molar-refractivity contribution in [1.82, 2.24) is 0 Å². The smallest absolute Gasteiger partial charge is 0.248 e. The lowest BCUT2D eigenvalue weighted by Crippen LogP contribution is -2.34. The van der Waals surface area contributed by atoms with Gasteiger partial charge in [0.15, 0.2) is 0 Å². The van der Waals surface area contributed by atoms with E-state index in [4.69, 9.17) is 11.5 Å². The number of carbonyl (C=O) groups is 2. The highest BCUT2D eigenvalue weighted by atomic mass is 16.2. The van der Waals surface area contributed by atoms with E-state index in [1.807, 2.05) is 26.0 Å². The lowest BCUT2D eigenvalue weighted by molar-refractivity contribution is -0.120. The first-order valence-electron chi connectivity index (χ1n) is 6.88. The van der Waals surface area contributed by atoms with Crippen LogP contribution in [0, 0.1) is 0 Å². The van der Waals surface area contributed by atoms with E-state index in [0.29, 0.717) is 16.9 Å². The minimum atomic E-state index is -0.712. The van der Waals surface area contributed by atoms with Crippen LogP contribution in [-0.4, -0.2) is 11.8 Å². The molecule has 0 unspecified atom stereocenters. The second kappa shape index (κ2) is 5.89. The van der Waals surface area contributed by atoms with Crippen molar-refractivity contribution in [2.45, 2.75) is 19.3 Å². The van der Waals surface area contributed by atoms with Gasteiger partial charge in [0.2, 0.25) is 11.8 Å². The highest BCUT2D eigenvalue weighted by molar-refractivity contribution is 5.99. The van der Waals surface area contributed by atoms with Crippen molar-refractivity contribution in [2.24, 2.45) is 5.73 Å². The fourth-order valence-electron chi connectivity index (χ4n) is 2.04. The second-order valence-corrected chi connectivity index (χ2v) is 5.64. The van der Waals surface area contributed by atoms with Crippen molar-refractivity contribution in [3.63, 3.8) is 0 Å². The number of hydrogen-bond acceptors (Lipinski definition) is 3. The van der Waals surface area contributed by atoms with E-state index in [1.54, 1.807) is 36.4 Å². The van der Waals surface area contributed by atoms with Gasteiger partial charge >= 0.3 is 0 Å². The quantitative estimate of drug-likeness (QED) is 0.755. The Kier molecular flexibility index (Phi) is 4.17. The molecule has 0 atom stereocenters. The predicted octanol–water partition coefficient (Wildman–Crippen LogP) is 2.28. The predicted molar refractivity (Wildman–Crippen MR) is 87.5 cm³/mol. The van der Waals surface area contributed by atoms with Crippen LogP contribution >= 0.6 is 0 Å². The van der Waals surface area contributed by atoms with Gasteiger partial charge in [0.25, 0.3) is 0 Å². The molecule has 2 rings (SSSR count). The molecule has 2 aromatic rings. The van der Waals surface area contributed by atoms with Crippen LogP contribution in [-0.2, 0) is 10.2 Å². The number of nitrogens with two attached hydrogens (primary N) is 2. The van der Waals surface area contributed by atoms with E-state index in [1.165, 1.54) is 0 Å². The lowest BCUT2D eigenvalue weighted by atomic mass is 9.83. The molecule has 0 fully saturated rings. The van der Waals surface area contributed by atoms with Crippen molar-refractivity contribution in [1.29, 1.82) is 0 Å².